The number of nitriles is 1. The summed E-state index contributed by atoms with van der Waals surface area (Å²) in [6.07, 6.45) is 1.36. The average molecular weight is 472 g/mol. The van der Waals surface area contributed by atoms with Crippen LogP contribution in [0.3, 0.4) is 0 Å². The molecular weight excluding hydrogens is 454 g/mol. The second kappa shape index (κ2) is 8.34. The van der Waals surface area contributed by atoms with E-state index in [9.17, 15) is 5.26 Å². The van der Waals surface area contributed by atoms with Crippen LogP contribution in [0.1, 0.15) is 17.0 Å². The van der Waals surface area contributed by atoms with Crippen molar-refractivity contribution in [3.05, 3.63) is 46.3 Å². The molecule has 8 nitrogen and oxygen atoms in total. The molecule has 0 bridgehead atoms. The highest BCUT2D eigenvalue weighted by atomic mass is 79.9. The van der Waals surface area contributed by atoms with Gasteiger partial charge in [0.05, 0.1) is 24.8 Å². The lowest BCUT2D eigenvalue weighted by Crippen LogP contribution is -2.32. The fraction of sp³-hybridized carbons (Fsp3) is 0.286. The Morgan fingerprint density at radius 2 is 2.07 bits per heavy atom. The Labute approximate surface area is 181 Å². The van der Waals surface area contributed by atoms with Gasteiger partial charge < -0.3 is 23.4 Å². The summed E-state index contributed by atoms with van der Waals surface area (Å²) in [4.78, 5) is 8.63. The number of ether oxygens (including phenoxy) is 4. The second-order valence-electron chi connectivity index (χ2n) is 6.52. The smallest absolute Gasteiger partial charge is 0.210 e. The Kier molecular flexibility index (Phi) is 5.61. The van der Waals surface area contributed by atoms with Gasteiger partial charge in [0.2, 0.25) is 5.90 Å². The van der Waals surface area contributed by atoms with E-state index in [0.29, 0.717) is 32.8 Å². The average Bonchev–Trinajstić information content (AvgIpc) is 3.25. The maximum Gasteiger partial charge on any atom is 0.210 e. The summed E-state index contributed by atoms with van der Waals surface area (Å²) in [5.74, 6) is 0.831. The standard InChI is InChI=1S/C21H18BrN3O5/c1-26-9-25-21-13(8-23)17(11-6-14(22)20(28-3)16(7-11)27-2)12-4-5-15-18(19(12)30-21)24-10-29-15/h4-7,10,13,17H,9H2,1-3H3/b25-21-. The molecule has 0 spiro atoms. The first-order valence-electron chi connectivity index (χ1n) is 9.01. The summed E-state index contributed by atoms with van der Waals surface area (Å²) in [6, 6.07) is 9.81. The molecule has 0 saturated carbocycles. The van der Waals surface area contributed by atoms with Crippen LogP contribution in [0.2, 0.25) is 0 Å². The molecular formula is C21H18BrN3O5. The third-order valence-electron chi connectivity index (χ3n) is 4.93. The number of hydrogen-bond donors (Lipinski definition) is 0. The highest BCUT2D eigenvalue weighted by Gasteiger charge is 2.39. The van der Waals surface area contributed by atoms with Crippen LogP contribution in [-0.4, -0.2) is 38.9 Å². The molecule has 2 heterocycles. The summed E-state index contributed by atoms with van der Waals surface area (Å²) in [5, 5.41) is 10.0. The molecule has 0 fully saturated rings. The third kappa shape index (κ3) is 3.28. The van der Waals surface area contributed by atoms with Gasteiger partial charge in [-0.15, -0.1) is 0 Å². The maximum absolute atomic E-state index is 10.0. The summed E-state index contributed by atoms with van der Waals surface area (Å²) in [5.41, 5.74) is 2.79. The maximum atomic E-state index is 10.0. The summed E-state index contributed by atoms with van der Waals surface area (Å²) in [6.45, 7) is 0.0694. The molecule has 0 aliphatic carbocycles. The molecule has 0 amide bonds. The van der Waals surface area contributed by atoms with Gasteiger partial charge in [0.1, 0.15) is 12.6 Å². The van der Waals surface area contributed by atoms with Gasteiger partial charge in [-0.25, -0.2) is 9.98 Å². The van der Waals surface area contributed by atoms with Crippen LogP contribution in [0.5, 0.6) is 17.2 Å². The van der Waals surface area contributed by atoms with Crippen LogP contribution >= 0.6 is 15.9 Å². The molecule has 2 aromatic carbocycles. The van der Waals surface area contributed by atoms with Crippen molar-refractivity contribution in [1.29, 1.82) is 5.26 Å². The second-order valence-corrected chi connectivity index (χ2v) is 7.38. The van der Waals surface area contributed by atoms with E-state index < -0.39 is 5.92 Å². The Balaban J connectivity index is 1.97. The number of rotatable bonds is 5. The molecule has 2 unspecified atom stereocenters. The van der Waals surface area contributed by atoms with Crippen LogP contribution in [0, 0.1) is 17.2 Å². The molecule has 0 N–H and O–H groups in total. The third-order valence-corrected chi connectivity index (χ3v) is 5.52. The van der Waals surface area contributed by atoms with Crippen molar-refractivity contribution in [3.63, 3.8) is 0 Å². The van der Waals surface area contributed by atoms with Crippen LogP contribution < -0.4 is 14.2 Å². The first-order chi connectivity index (χ1) is 14.6. The molecule has 1 aromatic heterocycles. The summed E-state index contributed by atoms with van der Waals surface area (Å²) < 4.78 is 28.2. The van der Waals surface area contributed by atoms with Gasteiger partial charge >= 0.3 is 0 Å². The van der Waals surface area contributed by atoms with Crippen molar-refractivity contribution < 1.29 is 23.4 Å². The van der Waals surface area contributed by atoms with Crippen molar-refractivity contribution in [3.8, 4) is 23.3 Å². The predicted octanol–water partition coefficient (Wildman–Crippen LogP) is 4.27. The van der Waals surface area contributed by atoms with Crippen LogP contribution in [-0.2, 0) is 4.74 Å². The molecule has 4 rings (SSSR count). The van der Waals surface area contributed by atoms with E-state index in [1.807, 2.05) is 24.3 Å². The molecule has 3 aromatic rings. The molecule has 1 aliphatic heterocycles. The number of nitrogens with zero attached hydrogens (tertiary/aromatic N) is 3. The number of aliphatic imine (C=N–C) groups is 1. The highest BCUT2D eigenvalue weighted by molar-refractivity contribution is 9.10. The minimum absolute atomic E-state index is 0.0694. The first-order valence-corrected chi connectivity index (χ1v) is 9.80. The zero-order chi connectivity index (χ0) is 21.3. The lowest BCUT2D eigenvalue weighted by atomic mass is 9.79. The number of aromatic nitrogens is 1. The largest absolute Gasteiger partial charge is 0.493 e. The topological polar surface area (TPSA) is 99.1 Å². The van der Waals surface area contributed by atoms with Crippen molar-refractivity contribution in [2.75, 3.05) is 28.1 Å². The zero-order valence-corrected chi connectivity index (χ0v) is 18.1. The zero-order valence-electron chi connectivity index (χ0n) is 16.5. The number of oxazole rings is 1. The summed E-state index contributed by atoms with van der Waals surface area (Å²) >= 11 is 3.54. The first kappa shape index (κ1) is 20.2. The van der Waals surface area contributed by atoms with Gasteiger partial charge in [0.15, 0.2) is 34.7 Å². The van der Waals surface area contributed by atoms with Crippen LogP contribution in [0.25, 0.3) is 11.1 Å². The lowest BCUT2D eigenvalue weighted by Gasteiger charge is -2.31. The van der Waals surface area contributed by atoms with E-state index in [2.05, 4.69) is 32.0 Å². The molecule has 0 saturated heterocycles. The fourth-order valence-corrected chi connectivity index (χ4v) is 4.26. The molecule has 154 valence electrons. The monoisotopic (exact) mass is 471 g/mol. The van der Waals surface area contributed by atoms with Crippen molar-refractivity contribution in [2.45, 2.75) is 5.92 Å². The SMILES string of the molecule is COC/N=C1\Oc2c(ccc3ocnc23)C(c2cc(Br)c(OC)c(OC)c2)C1C#N. The van der Waals surface area contributed by atoms with E-state index >= 15 is 0 Å². The Hall–Kier alpha value is -3.09. The number of methoxy groups -OCH3 is 3. The van der Waals surface area contributed by atoms with E-state index in [1.54, 1.807) is 14.2 Å². The van der Waals surface area contributed by atoms with Gasteiger partial charge in [-0.2, -0.15) is 5.26 Å². The number of benzene rings is 2. The Morgan fingerprint density at radius 3 is 2.77 bits per heavy atom. The minimum atomic E-state index is -0.679. The van der Waals surface area contributed by atoms with Gasteiger partial charge in [0, 0.05) is 18.6 Å². The molecule has 30 heavy (non-hydrogen) atoms. The van der Waals surface area contributed by atoms with Crippen molar-refractivity contribution in [1.82, 2.24) is 4.98 Å². The molecule has 1 aliphatic rings. The summed E-state index contributed by atoms with van der Waals surface area (Å²) in [7, 11) is 4.67. The van der Waals surface area contributed by atoms with Gasteiger partial charge in [0.25, 0.3) is 0 Å². The van der Waals surface area contributed by atoms with Gasteiger partial charge in [-0.05, 0) is 39.7 Å². The number of hydrogen-bond acceptors (Lipinski definition) is 8. The highest BCUT2D eigenvalue weighted by Crippen LogP contribution is 2.48. The normalized spacial score (nSPS) is 19.2. The molecule has 9 heteroatoms. The Morgan fingerprint density at radius 1 is 1.23 bits per heavy atom. The van der Waals surface area contributed by atoms with Crippen LogP contribution in [0.15, 0.2) is 44.5 Å². The van der Waals surface area contributed by atoms with E-state index in [-0.39, 0.29) is 18.5 Å². The lowest BCUT2D eigenvalue weighted by molar-refractivity contribution is 0.206. The predicted molar refractivity (Wildman–Crippen MR) is 112 cm³/mol. The van der Waals surface area contributed by atoms with E-state index in [0.717, 1.165) is 11.1 Å². The van der Waals surface area contributed by atoms with E-state index in [1.165, 1.54) is 13.5 Å². The fourth-order valence-electron chi connectivity index (χ4n) is 3.64. The van der Waals surface area contributed by atoms with Crippen molar-refractivity contribution in [2.24, 2.45) is 10.9 Å². The number of fused-ring (bicyclic) bond motifs is 3. The van der Waals surface area contributed by atoms with Crippen molar-refractivity contribution >= 4 is 32.9 Å². The Bertz CT molecular complexity index is 1170. The van der Waals surface area contributed by atoms with Gasteiger partial charge in [-0.3, -0.25) is 0 Å². The molecule has 0 radical (unpaired) electrons. The minimum Gasteiger partial charge on any atom is -0.493 e. The number of halogens is 1. The quantitative estimate of drug-likeness (QED) is 0.547. The molecule has 2 atom stereocenters. The van der Waals surface area contributed by atoms with Crippen LogP contribution in [0.4, 0.5) is 0 Å². The van der Waals surface area contributed by atoms with E-state index in [4.69, 9.17) is 23.4 Å². The van der Waals surface area contributed by atoms with Gasteiger partial charge in [-0.1, -0.05) is 6.07 Å².